The summed E-state index contributed by atoms with van der Waals surface area (Å²) in [5, 5.41) is 0. The second-order valence-corrected chi connectivity index (χ2v) is 1.64. The monoisotopic (exact) mass is 266 g/mol. The summed E-state index contributed by atoms with van der Waals surface area (Å²) in [4.78, 5) is 0. The van der Waals surface area contributed by atoms with Gasteiger partial charge in [0.15, 0.2) is 0 Å². The van der Waals surface area contributed by atoms with Crippen molar-refractivity contribution in [3.63, 3.8) is 0 Å². The Kier molecular flexibility index (Phi) is 29.3. The summed E-state index contributed by atoms with van der Waals surface area (Å²) in [6, 6.07) is 10.9. The summed E-state index contributed by atoms with van der Waals surface area (Å²) >= 11 is 0. The smallest absolute Gasteiger partial charge is 1.00 e. The van der Waals surface area contributed by atoms with Crippen molar-refractivity contribution in [2.75, 3.05) is 0 Å². The van der Waals surface area contributed by atoms with E-state index in [1.54, 1.807) is 0 Å². The standard InChI is InChI=1S/C8H8.BrH.ClH.2Mg/c1-2-8-6-4-3-5-7-8;;;;/h3-6H,1-2H2;2*1H;;/q-2;;;2*+2/p-2. The van der Waals surface area contributed by atoms with Crippen LogP contribution < -0.4 is 29.4 Å². The normalized spacial score (nSPS) is 6.08. The van der Waals surface area contributed by atoms with Crippen LogP contribution in [0, 0.1) is 13.0 Å². The molecule has 0 saturated carbocycles. The minimum atomic E-state index is 0. The van der Waals surface area contributed by atoms with Crippen LogP contribution in [0.5, 0.6) is 0 Å². The topological polar surface area (TPSA) is 0 Å². The van der Waals surface area contributed by atoms with E-state index >= 15 is 0 Å². The van der Waals surface area contributed by atoms with Gasteiger partial charge in [0.25, 0.3) is 0 Å². The summed E-state index contributed by atoms with van der Waals surface area (Å²) in [7, 11) is 0. The molecule has 0 radical (unpaired) electrons. The average Bonchev–Trinajstić information content (AvgIpc) is 1.90. The van der Waals surface area contributed by atoms with Crippen molar-refractivity contribution >= 4 is 46.1 Å². The predicted molar refractivity (Wildman–Crippen MR) is 45.8 cm³/mol. The van der Waals surface area contributed by atoms with Gasteiger partial charge >= 0.3 is 46.1 Å². The van der Waals surface area contributed by atoms with E-state index < -0.39 is 0 Å². The summed E-state index contributed by atoms with van der Waals surface area (Å²) < 4.78 is 0. The van der Waals surface area contributed by atoms with E-state index in [2.05, 4.69) is 13.0 Å². The first-order chi connectivity index (χ1) is 3.93. The molecule has 0 nitrogen and oxygen atoms in total. The van der Waals surface area contributed by atoms with Gasteiger partial charge in [-0.25, -0.2) is 0 Å². The maximum absolute atomic E-state index is 3.72. The zero-order valence-electron chi connectivity index (χ0n) is 6.89. The van der Waals surface area contributed by atoms with Gasteiger partial charge in [-0.05, 0) is 0 Å². The zero-order valence-corrected chi connectivity index (χ0v) is 12.1. The Labute approximate surface area is 123 Å². The first-order valence-electron chi connectivity index (χ1n) is 2.68. The van der Waals surface area contributed by atoms with Gasteiger partial charge < -0.3 is 36.3 Å². The van der Waals surface area contributed by atoms with E-state index in [0.29, 0.717) is 0 Å². The molecule has 0 aliphatic carbocycles. The number of hydrogen-bond acceptors (Lipinski definition) is 0. The predicted octanol–water partition coefficient (Wildman–Crippen LogP) is -4.89. The van der Waals surface area contributed by atoms with E-state index in [4.69, 9.17) is 0 Å². The molecule has 0 heterocycles. The van der Waals surface area contributed by atoms with E-state index in [1.807, 2.05) is 24.3 Å². The molecule has 0 unspecified atom stereocenters. The van der Waals surface area contributed by atoms with Crippen LogP contribution in [0.25, 0.3) is 0 Å². The third-order valence-corrected chi connectivity index (χ3v) is 1.04. The molecular formula is C8H8BrClMg2. The van der Waals surface area contributed by atoms with Gasteiger partial charge in [0.05, 0.1) is 0 Å². The van der Waals surface area contributed by atoms with Gasteiger partial charge in [-0.3, -0.25) is 0 Å². The largest absolute Gasteiger partial charge is 2.00 e. The third kappa shape index (κ3) is 9.61. The van der Waals surface area contributed by atoms with Gasteiger partial charge in [0, 0.05) is 0 Å². The van der Waals surface area contributed by atoms with Crippen LogP contribution in [0.2, 0.25) is 0 Å². The van der Waals surface area contributed by atoms with Crippen molar-refractivity contribution in [1.29, 1.82) is 0 Å². The van der Waals surface area contributed by atoms with Crippen LogP contribution in [-0.2, 0) is 6.42 Å². The van der Waals surface area contributed by atoms with Gasteiger partial charge in [0.1, 0.15) is 0 Å². The second-order valence-electron chi connectivity index (χ2n) is 1.64. The van der Waals surface area contributed by atoms with E-state index in [-0.39, 0.29) is 75.5 Å². The Morgan fingerprint density at radius 3 is 2.08 bits per heavy atom. The minimum Gasteiger partial charge on any atom is -1.00 e. The molecule has 0 atom stereocenters. The van der Waals surface area contributed by atoms with Crippen molar-refractivity contribution in [2.45, 2.75) is 6.42 Å². The van der Waals surface area contributed by atoms with Gasteiger partial charge in [-0.15, -0.1) is 0 Å². The molecule has 0 fully saturated rings. The first-order valence-corrected chi connectivity index (χ1v) is 2.68. The summed E-state index contributed by atoms with van der Waals surface area (Å²) in [6.07, 6.45) is 0.834. The van der Waals surface area contributed by atoms with Gasteiger partial charge in [0.2, 0.25) is 0 Å². The van der Waals surface area contributed by atoms with Crippen LogP contribution in [0.15, 0.2) is 24.3 Å². The zero-order chi connectivity index (χ0) is 5.82. The molecule has 0 saturated heterocycles. The van der Waals surface area contributed by atoms with Crippen LogP contribution in [0.1, 0.15) is 5.56 Å². The van der Waals surface area contributed by atoms with Crippen LogP contribution in [0.3, 0.4) is 0 Å². The van der Waals surface area contributed by atoms with Crippen molar-refractivity contribution in [2.24, 2.45) is 0 Å². The molecule has 0 bridgehead atoms. The molecule has 58 valence electrons. The number of rotatable bonds is 1. The maximum Gasteiger partial charge on any atom is 2.00 e. The number of benzene rings is 1. The maximum atomic E-state index is 3.72. The van der Waals surface area contributed by atoms with Gasteiger partial charge in [-0.1, -0.05) is 0 Å². The molecule has 1 aromatic rings. The molecule has 12 heavy (non-hydrogen) atoms. The Hall–Kier alpha value is 1.52. The molecule has 0 aromatic heterocycles. The van der Waals surface area contributed by atoms with Crippen molar-refractivity contribution in [3.05, 3.63) is 42.8 Å². The summed E-state index contributed by atoms with van der Waals surface area (Å²) in [5.41, 5.74) is 1.17. The molecule has 0 amide bonds. The van der Waals surface area contributed by atoms with Crippen LogP contribution >= 0.6 is 0 Å². The molecular weight excluding hydrogens is 260 g/mol. The molecule has 0 spiro atoms. The molecule has 1 aromatic carbocycles. The van der Waals surface area contributed by atoms with E-state index in [9.17, 15) is 0 Å². The third-order valence-electron chi connectivity index (χ3n) is 1.04. The fraction of sp³-hybridized carbons (Fsp3) is 0.125. The number of hydrogen-bond donors (Lipinski definition) is 0. The van der Waals surface area contributed by atoms with E-state index in [1.165, 1.54) is 5.56 Å². The number of halogens is 2. The average molecular weight is 268 g/mol. The Bertz CT molecular complexity index is 158. The van der Waals surface area contributed by atoms with Crippen LogP contribution in [-0.4, -0.2) is 46.1 Å². The Balaban J connectivity index is -0.0000000800. The fourth-order valence-corrected chi connectivity index (χ4v) is 0.586. The molecule has 0 aliphatic rings. The van der Waals surface area contributed by atoms with Crippen molar-refractivity contribution < 1.29 is 29.4 Å². The molecule has 0 N–H and O–H groups in total. The Morgan fingerprint density at radius 1 is 1.25 bits per heavy atom. The quantitative estimate of drug-likeness (QED) is 0.354. The summed E-state index contributed by atoms with van der Waals surface area (Å²) in [5.74, 6) is 0. The molecule has 0 aliphatic heterocycles. The van der Waals surface area contributed by atoms with E-state index in [0.717, 1.165) is 6.42 Å². The van der Waals surface area contributed by atoms with Crippen molar-refractivity contribution in [1.82, 2.24) is 0 Å². The molecule has 4 heteroatoms. The Morgan fingerprint density at radius 2 is 1.83 bits per heavy atom. The first kappa shape index (κ1) is 23.4. The molecule has 1 rings (SSSR count). The van der Waals surface area contributed by atoms with Gasteiger partial charge in [-0.2, -0.15) is 42.3 Å². The fourth-order valence-electron chi connectivity index (χ4n) is 0.586. The van der Waals surface area contributed by atoms with Crippen LogP contribution in [0.4, 0.5) is 0 Å². The van der Waals surface area contributed by atoms with Crippen molar-refractivity contribution in [3.8, 4) is 0 Å². The second kappa shape index (κ2) is 15.0. The SMILES string of the molecule is [Br-].[CH2-]Cc1[c-]cccc1.[Cl-].[Mg+2].[Mg+2]. The summed E-state index contributed by atoms with van der Waals surface area (Å²) in [6.45, 7) is 3.72. The minimum absolute atomic E-state index is 0.